The standard InChI is InChI=1S/C10H12N2O4/c1-4-6-5-7(9(13)15-2)11-12-8(6)10(14)16-3/h5H,4H2,1-3H3. The van der Waals surface area contributed by atoms with Crippen molar-refractivity contribution in [1.82, 2.24) is 10.2 Å². The third-order valence-corrected chi connectivity index (χ3v) is 2.03. The molecule has 0 aliphatic heterocycles. The Hall–Kier alpha value is -1.98. The molecule has 0 aliphatic carbocycles. The third kappa shape index (κ3) is 2.33. The van der Waals surface area contributed by atoms with Crippen molar-refractivity contribution in [1.29, 1.82) is 0 Å². The molecule has 0 saturated heterocycles. The second-order valence-corrected chi connectivity index (χ2v) is 2.94. The van der Waals surface area contributed by atoms with Crippen LogP contribution in [0.15, 0.2) is 6.07 Å². The van der Waals surface area contributed by atoms with Gasteiger partial charge in [0, 0.05) is 0 Å². The van der Waals surface area contributed by atoms with E-state index in [1.165, 1.54) is 20.3 Å². The summed E-state index contributed by atoms with van der Waals surface area (Å²) in [4.78, 5) is 22.5. The quantitative estimate of drug-likeness (QED) is 0.700. The number of hydrogen-bond donors (Lipinski definition) is 0. The predicted octanol–water partition coefficient (Wildman–Crippen LogP) is 0.612. The van der Waals surface area contributed by atoms with Gasteiger partial charge in [0.25, 0.3) is 0 Å². The van der Waals surface area contributed by atoms with E-state index in [0.29, 0.717) is 12.0 Å². The van der Waals surface area contributed by atoms with Gasteiger partial charge < -0.3 is 9.47 Å². The average Bonchev–Trinajstić information content (AvgIpc) is 2.35. The van der Waals surface area contributed by atoms with Gasteiger partial charge in [-0.15, -0.1) is 10.2 Å². The molecular formula is C10H12N2O4. The molecule has 0 amide bonds. The van der Waals surface area contributed by atoms with Crippen molar-refractivity contribution in [2.24, 2.45) is 0 Å². The molecule has 0 radical (unpaired) electrons. The molecule has 0 saturated carbocycles. The van der Waals surface area contributed by atoms with E-state index in [2.05, 4.69) is 19.7 Å². The summed E-state index contributed by atoms with van der Waals surface area (Å²) in [7, 11) is 2.52. The largest absolute Gasteiger partial charge is 0.464 e. The van der Waals surface area contributed by atoms with Gasteiger partial charge >= 0.3 is 11.9 Å². The fourth-order valence-corrected chi connectivity index (χ4v) is 1.17. The molecule has 0 fully saturated rings. The normalized spacial score (nSPS) is 9.69. The first-order valence-electron chi connectivity index (χ1n) is 4.67. The summed E-state index contributed by atoms with van der Waals surface area (Å²) in [6, 6.07) is 1.48. The first kappa shape index (κ1) is 12.1. The Morgan fingerprint density at radius 1 is 1.19 bits per heavy atom. The first-order chi connectivity index (χ1) is 7.63. The number of rotatable bonds is 3. The molecule has 0 atom stereocenters. The van der Waals surface area contributed by atoms with Crippen LogP contribution in [0, 0.1) is 0 Å². The molecule has 0 aromatic carbocycles. The minimum absolute atomic E-state index is 0.0759. The number of carbonyl (C=O) groups is 2. The Balaban J connectivity index is 3.16. The van der Waals surface area contributed by atoms with E-state index in [4.69, 9.17) is 0 Å². The topological polar surface area (TPSA) is 78.4 Å². The highest BCUT2D eigenvalue weighted by Crippen LogP contribution is 2.09. The van der Waals surface area contributed by atoms with Gasteiger partial charge in [-0.3, -0.25) is 0 Å². The number of carbonyl (C=O) groups excluding carboxylic acids is 2. The maximum Gasteiger partial charge on any atom is 0.358 e. The van der Waals surface area contributed by atoms with Crippen molar-refractivity contribution >= 4 is 11.9 Å². The van der Waals surface area contributed by atoms with Crippen LogP contribution in [0.25, 0.3) is 0 Å². The number of aromatic nitrogens is 2. The fourth-order valence-electron chi connectivity index (χ4n) is 1.17. The fraction of sp³-hybridized carbons (Fsp3) is 0.400. The van der Waals surface area contributed by atoms with Crippen molar-refractivity contribution in [2.75, 3.05) is 14.2 Å². The van der Waals surface area contributed by atoms with Crippen molar-refractivity contribution < 1.29 is 19.1 Å². The second-order valence-electron chi connectivity index (χ2n) is 2.94. The van der Waals surface area contributed by atoms with Crippen LogP contribution in [0.1, 0.15) is 33.5 Å². The van der Waals surface area contributed by atoms with Crippen LogP contribution in [-0.2, 0) is 15.9 Å². The molecule has 1 aromatic rings. The Morgan fingerprint density at radius 2 is 1.81 bits per heavy atom. The Morgan fingerprint density at radius 3 is 2.31 bits per heavy atom. The third-order valence-electron chi connectivity index (χ3n) is 2.03. The number of methoxy groups -OCH3 is 2. The van der Waals surface area contributed by atoms with Gasteiger partial charge in [0.1, 0.15) is 0 Å². The summed E-state index contributed by atoms with van der Waals surface area (Å²) in [6.45, 7) is 1.84. The summed E-state index contributed by atoms with van der Waals surface area (Å²) in [5.74, 6) is -1.15. The molecule has 6 heteroatoms. The number of ether oxygens (including phenoxy) is 2. The zero-order valence-electron chi connectivity index (χ0n) is 9.31. The van der Waals surface area contributed by atoms with Crippen LogP contribution >= 0.6 is 0 Å². The van der Waals surface area contributed by atoms with Crippen LogP contribution in [-0.4, -0.2) is 36.4 Å². The van der Waals surface area contributed by atoms with Crippen LogP contribution in [0.4, 0.5) is 0 Å². The van der Waals surface area contributed by atoms with E-state index < -0.39 is 11.9 Å². The smallest absolute Gasteiger partial charge is 0.358 e. The zero-order valence-corrected chi connectivity index (χ0v) is 9.31. The highest BCUT2D eigenvalue weighted by atomic mass is 16.5. The van der Waals surface area contributed by atoms with Gasteiger partial charge in [0.05, 0.1) is 14.2 Å². The lowest BCUT2D eigenvalue weighted by atomic mass is 10.1. The van der Waals surface area contributed by atoms with E-state index in [1.807, 2.05) is 6.92 Å². The highest BCUT2D eigenvalue weighted by molar-refractivity contribution is 5.91. The van der Waals surface area contributed by atoms with Crippen molar-refractivity contribution in [2.45, 2.75) is 13.3 Å². The SMILES string of the molecule is CCc1cc(C(=O)OC)nnc1C(=O)OC. The van der Waals surface area contributed by atoms with Gasteiger partial charge in [-0.05, 0) is 18.1 Å². The number of esters is 2. The molecule has 1 heterocycles. The molecule has 0 aliphatic rings. The maximum atomic E-state index is 11.3. The van der Waals surface area contributed by atoms with E-state index in [0.717, 1.165) is 0 Å². The van der Waals surface area contributed by atoms with Crippen LogP contribution in [0.5, 0.6) is 0 Å². The van der Waals surface area contributed by atoms with Crippen molar-refractivity contribution in [3.05, 3.63) is 23.0 Å². The lowest BCUT2D eigenvalue weighted by Crippen LogP contribution is -2.14. The summed E-state index contributed by atoms with van der Waals surface area (Å²) in [6.07, 6.45) is 0.546. The van der Waals surface area contributed by atoms with Crippen LogP contribution in [0.3, 0.4) is 0 Å². The van der Waals surface area contributed by atoms with E-state index in [-0.39, 0.29) is 11.4 Å². The molecule has 1 rings (SSSR count). The van der Waals surface area contributed by atoms with Gasteiger partial charge in [-0.25, -0.2) is 9.59 Å². The molecule has 86 valence electrons. The molecule has 0 N–H and O–H groups in total. The van der Waals surface area contributed by atoms with E-state index >= 15 is 0 Å². The van der Waals surface area contributed by atoms with E-state index in [1.54, 1.807) is 0 Å². The van der Waals surface area contributed by atoms with E-state index in [9.17, 15) is 9.59 Å². The molecule has 0 spiro atoms. The Labute approximate surface area is 92.6 Å². The summed E-state index contributed by atoms with van der Waals surface area (Å²) >= 11 is 0. The van der Waals surface area contributed by atoms with Gasteiger partial charge in [-0.1, -0.05) is 6.92 Å². The van der Waals surface area contributed by atoms with Crippen molar-refractivity contribution in [3.8, 4) is 0 Å². The summed E-state index contributed by atoms with van der Waals surface area (Å²) in [5, 5.41) is 7.27. The molecule has 16 heavy (non-hydrogen) atoms. The van der Waals surface area contributed by atoms with Gasteiger partial charge in [-0.2, -0.15) is 0 Å². The Kier molecular flexibility index (Phi) is 3.93. The van der Waals surface area contributed by atoms with Crippen LogP contribution < -0.4 is 0 Å². The second kappa shape index (κ2) is 5.20. The molecule has 1 aromatic heterocycles. The predicted molar refractivity (Wildman–Crippen MR) is 54.1 cm³/mol. The lowest BCUT2D eigenvalue weighted by molar-refractivity contribution is 0.0572. The Bertz CT molecular complexity index is 417. The molecule has 6 nitrogen and oxygen atoms in total. The highest BCUT2D eigenvalue weighted by Gasteiger charge is 2.17. The number of aryl methyl sites for hydroxylation is 1. The molecule has 0 bridgehead atoms. The van der Waals surface area contributed by atoms with Crippen LogP contribution in [0.2, 0.25) is 0 Å². The number of nitrogens with zero attached hydrogens (tertiary/aromatic N) is 2. The van der Waals surface area contributed by atoms with Gasteiger partial charge in [0.2, 0.25) is 0 Å². The zero-order chi connectivity index (χ0) is 12.1. The van der Waals surface area contributed by atoms with Crippen molar-refractivity contribution in [3.63, 3.8) is 0 Å². The molecular weight excluding hydrogens is 212 g/mol. The minimum atomic E-state index is -0.585. The monoisotopic (exact) mass is 224 g/mol. The molecule has 0 unspecified atom stereocenters. The lowest BCUT2D eigenvalue weighted by Gasteiger charge is -2.05. The first-order valence-corrected chi connectivity index (χ1v) is 4.67. The summed E-state index contributed by atoms with van der Waals surface area (Å²) in [5.41, 5.74) is 0.798. The van der Waals surface area contributed by atoms with Gasteiger partial charge in [0.15, 0.2) is 11.4 Å². The summed E-state index contributed by atoms with van der Waals surface area (Å²) < 4.78 is 9.05. The number of hydrogen-bond acceptors (Lipinski definition) is 6. The minimum Gasteiger partial charge on any atom is -0.464 e. The average molecular weight is 224 g/mol. The maximum absolute atomic E-state index is 11.3.